The summed E-state index contributed by atoms with van der Waals surface area (Å²) in [5.74, 6) is 0. The normalized spacial score (nSPS) is 12.1. The van der Waals surface area contributed by atoms with E-state index in [1.165, 1.54) is 16.7 Å². The minimum atomic E-state index is 1.00. The van der Waals surface area contributed by atoms with Crippen LogP contribution in [0, 0.1) is 13.8 Å². The third-order valence-corrected chi connectivity index (χ3v) is 3.09. The summed E-state index contributed by atoms with van der Waals surface area (Å²) in [4.78, 5) is 4.41. The maximum absolute atomic E-state index is 4.41. The fourth-order valence-corrected chi connectivity index (χ4v) is 2.15. The van der Waals surface area contributed by atoms with Crippen molar-refractivity contribution in [3.63, 3.8) is 0 Å². The number of benzene rings is 1. The zero-order chi connectivity index (χ0) is 14.3. The van der Waals surface area contributed by atoms with E-state index in [4.69, 9.17) is 0 Å². The molecule has 0 unspecified atom stereocenters. The minimum Gasteiger partial charge on any atom is -0.266 e. The van der Waals surface area contributed by atoms with Crippen LogP contribution in [0.3, 0.4) is 0 Å². The molecular weight excluding hydrogens is 230 g/mol. The standard InChI is InChI=1S/C18H25N/c1-6-19-18(12-14(2)3)9-7-8-17-13-15(4)10-11-16(17)5/h6,10-13H,2,7-9H2,1,3-5H3/b18-12-,19-6-. The molecule has 0 atom stereocenters. The molecule has 1 heteroatoms. The third-order valence-electron chi connectivity index (χ3n) is 3.09. The quantitative estimate of drug-likeness (QED) is 0.491. The Hall–Kier alpha value is -1.63. The lowest BCUT2D eigenvalue weighted by atomic mass is 10.00. The van der Waals surface area contributed by atoms with Crippen LogP contribution in [0.15, 0.2) is 47.1 Å². The fraction of sp³-hybridized carbons (Fsp3) is 0.389. The van der Waals surface area contributed by atoms with Crippen molar-refractivity contribution >= 4 is 6.21 Å². The second-order valence-corrected chi connectivity index (χ2v) is 5.15. The van der Waals surface area contributed by atoms with Crippen LogP contribution in [-0.4, -0.2) is 6.21 Å². The van der Waals surface area contributed by atoms with Crippen LogP contribution >= 0.6 is 0 Å². The predicted molar refractivity (Wildman–Crippen MR) is 85.9 cm³/mol. The molecule has 19 heavy (non-hydrogen) atoms. The molecule has 0 aliphatic carbocycles. The number of aryl methyl sites for hydroxylation is 3. The summed E-state index contributed by atoms with van der Waals surface area (Å²) in [6.45, 7) is 12.2. The van der Waals surface area contributed by atoms with Crippen molar-refractivity contribution in [3.05, 3.63) is 58.8 Å². The van der Waals surface area contributed by atoms with Gasteiger partial charge in [0.25, 0.3) is 0 Å². The Morgan fingerprint density at radius 1 is 1.32 bits per heavy atom. The van der Waals surface area contributed by atoms with Crippen LogP contribution in [0.25, 0.3) is 0 Å². The molecule has 0 amide bonds. The maximum Gasteiger partial charge on any atom is 0.0402 e. The highest BCUT2D eigenvalue weighted by Crippen LogP contribution is 2.16. The van der Waals surface area contributed by atoms with E-state index in [1.54, 1.807) is 0 Å². The van der Waals surface area contributed by atoms with Crippen molar-refractivity contribution in [2.24, 2.45) is 4.99 Å². The van der Waals surface area contributed by atoms with E-state index < -0.39 is 0 Å². The highest BCUT2D eigenvalue weighted by molar-refractivity contribution is 5.55. The van der Waals surface area contributed by atoms with E-state index in [9.17, 15) is 0 Å². The first-order valence-corrected chi connectivity index (χ1v) is 6.94. The van der Waals surface area contributed by atoms with Crippen LogP contribution in [0.4, 0.5) is 0 Å². The highest BCUT2D eigenvalue weighted by atomic mass is 14.7. The fourth-order valence-electron chi connectivity index (χ4n) is 2.15. The zero-order valence-electron chi connectivity index (χ0n) is 12.7. The van der Waals surface area contributed by atoms with Crippen molar-refractivity contribution in [2.75, 3.05) is 0 Å². The van der Waals surface area contributed by atoms with Crippen LogP contribution in [-0.2, 0) is 6.42 Å². The highest BCUT2D eigenvalue weighted by Gasteiger charge is 2.01. The molecule has 1 aromatic rings. The van der Waals surface area contributed by atoms with Crippen molar-refractivity contribution < 1.29 is 0 Å². The Morgan fingerprint density at radius 3 is 2.68 bits per heavy atom. The second kappa shape index (κ2) is 7.73. The first-order valence-electron chi connectivity index (χ1n) is 6.94. The lowest BCUT2D eigenvalue weighted by molar-refractivity contribution is 0.800. The Labute approximate surface area is 117 Å². The SMILES string of the molecule is C=C(C)/C=C(CCCc1cc(C)ccc1C)\N=C/C. The van der Waals surface area contributed by atoms with Gasteiger partial charge in [0, 0.05) is 11.9 Å². The molecule has 1 nitrogen and oxygen atoms in total. The van der Waals surface area contributed by atoms with E-state index >= 15 is 0 Å². The Balaban J connectivity index is 2.61. The van der Waals surface area contributed by atoms with Gasteiger partial charge in [-0.05, 0) is 64.2 Å². The van der Waals surface area contributed by atoms with Crippen LogP contribution in [0.1, 0.15) is 43.4 Å². The molecule has 0 saturated heterocycles. The molecule has 1 aromatic carbocycles. The first kappa shape index (κ1) is 15.4. The van der Waals surface area contributed by atoms with Gasteiger partial charge >= 0.3 is 0 Å². The van der Waals surface area contributed by atoms with E-state index in [2.05, 4.69) is 49.7 Å². The monoisotopic (exact) mass is 255 g/mol. The third kappa shape index (κ3) is 5.69. The van der Waals surface area contributed by atoms with Gasteiger partial charge in [-0.3, -0.25) is 4.99 Å². The van der Waals surface area contributed by atoms with Crippen LogP contribution in [0.5, 0.6) is 0 Å². The number of hydrogen-bond donors (Lipinski definition) is 0. The number of aliphatic imine (C=N–C) groups is 1. The van der Waals surface area contributed by atoms with Gasteiger partial charge in [-0.1, -0.05) is 35.9 Å². The van der Waals surface area contributed by atoms with E-state index in [0.717, 1.165) is 30.5 Å². The smallest absolute Gasteiger partial charge is 0.0402 e. The maximum atomic E-state index is 4.41. The average Bonchev–Trinajstić information content (AvgIpc) is 2.33. The summed E-state index contributed by atoms with van der Waals surface area (Å²) in [6.07, 6.45) is 7.17. The number of allylic oxidation sites excluding steroid dienone is 3. The molecule has 0 heterocycles. The molecule has 1 rings (SSSR count). The van der Waals surface area contributed by atoms with E-state index in [-0.39, 0.29) is 0 Å². The summed E-state index contributed by atoms with van der Waals surface area (Å²) in [7, 11) is 0. The number of nitrogens with zero attached hydrogens (tertiary/aromatic N) is 1. The zero-order valence-corrected chi connectivity index (χ0v) is 12.7. The van der Waals surface area contributed by atoms with Crippen LogP contribution < -0.4 is 0 Å². The molecule has 0 aliphatic heterocycles. The van der Waals surface area contributed by atoms with Crippen molar-refractivity contribution in [2.45, 2.75) is 47.0 Å². The number of rotatable bonds is 6. The number of hydrogen-bond acceptors (Lipinski definition) is 1. The first-order chi connectivity index (χ1) is 9.02. The van der Waals surface area contributed by atoms with Crippen molar-refractivity contribution in [1.29, 1.82) is 0 Å². The van der Waals surface area contributed by atoms with Crippen LogP contribution in [0.2, 0.25) is 0 Å². The van der Waals surface area contributed by atoms with Gasteiger partial charge in [-0.25, -0.2) is 0 Å². The summed E-state index contributed by atoms with van der Waals surface area (Å²) in [5, 5.41) is 0. The molecule has 0 saturated carbocycles. The van der Waals surface area contributed by atoms with Gasteiger partial charge in [0.2, 0.25) is 0 Å². The Morgan fingerprint density at radius 2 is 2.05 bits per heavy atom. The summed E-state index contributed by atoms with van der Waals surface area (Å²) in [6, 6.07) is 6.67. The van der Waals surface area contributed by atoms with Gasteiger partial charge in [0.15, 0.2) is 0 Å². The molecule has 0 radical (unpaired) electrons. The molecule has 0 aromatic heterocycles. The molecule has 0 fully saturated rings. The van der Waals surface area contributed by atoms with Gasteiger partial charge in [-0.15, -0.1) is 0 Å². The van der Waals surface area contributed by atoms with Crippen molar-refractivity contribution in [1.82, 2.24) is 0 Å². The minimum absolute atomic E-state index is 1.00. The molecular formula is C18H25N. The second-order valence-electron chi connectivity index (χ2n) is 5.15. The lowest BCUT2D eigenvalue weighted by Gasteiger charge is -2.07. The molecule has 0 N–H and O–H groups in total. The van der Waals surface area contributed by atoms with Gasteiger partial charge in [0.05, 0.1) is 0 Å². The van der Waals surface area contributed by atoms with Gasteiger partial charge in [-0.2, -0.15) is 0 Å². The summed E-state index contributed by atoms with van der Waals surface area (Å²) >= 11 is 0. The molecule has 102 valence electrons. The lowest BCUT2D eigenvalue weighted by Crippen LogP contribution is -1.92. The molecule has 0 bridgehead atoms. The molecule has 0 spiro atoms. The van der Waals surface area contributed by atoms with Crippen molar-refractivity contribution in [3.8, 4) is 0 Å². The van der Waals surface area contributed by atoms with E-state index in [1.807, 2.05) is 20.1 Å². The Kier molecular flexibility index (Phi) is 6.27. The summed E-state index contributed by atoms with van der Waals surface area (Å²) in [5.41, 5.74) is 6.36. The molecule has 0 aliphatic rings. The van der Waals surface area contributed by atoms with Gasteiger partial charge < -0.3 is 0 Å². The predicted octanol–water partition coefficient (Wildman–Crippen LogP) is 5.18. The van der Waals surface area contributed by atoms with E-state index in [0.29, 0.717) is 0 Å². The summed E-state index contributed by atoms with van der Waals surface area (Å²) < 4.78 is 0. The Bertz CT molecular complexity index is 492. The average molecular weight is 255 g/mol. The topological polar surface area (TPSA) is 12.4 Å². The largest absolute Gasteiger partial charge is 0.266 e. The van der Waals surface area contributed by atoms with Gasteiger partial charge in [0.1, 0.15) is 0 Å².